The van der Waals surface area contributed by atoms with Crippen LogP contribution in [0, 0.1) is 0 Å². The highest BCUT2D eigenvalue weighted by molar-refractivity contribution is 7.80. The molecule has 6 nitrogen and oxygen atoms in total. The molecule has 0 aromatic carbocycles. The summed E-state index contributed by atoms with van der Waals surface area (Å²) in [5.41, 5.74) is 7.14. The number of thiocarbonyl (C=S) groups is 1. The molecule has 0 spiro atoms. The van der Waals surface area contributed by atoms with Crippen LogP contribution in [0.5, 0.6) is 0 Å². The van der Waals surface area contributed by atoms with E-state index >= 15 is 0 Å². The fourth-order valence-corrected chi connectivity index (χ4v) is 2.42. The van der Waals surface area contributed by atoms with Crippen molar-refractivity contribution in [3.63, 3.8) is 0 Å². The van der Waals surface area contributed by atoms with Gasteiger partial charge in [0.05, 0.1) is 12.3 Å². The number of aromatic nitrogens is 1. The van der Waals surface area contributed by atoms with Gasteiger partial charge in [0, 0.05) is 31.0 Å². The number of carbonyl (C=O) groups is 1. The number of nitrogens with two attached hydrogens (primary N) is 1. The smallest absolute Gasteiger partial charge is 0.409 e. The third-order valence-electron chi connectivity index (χ3n) is 3.40. The van der Waals surface area contributed by atoms with Crippen LogP contribution in [0.15, 0.2) is 18.3 Å². The number of hydrogen-bond donors (Lipinski definition) is 2. The molecule has 1 fully saturated rings. The quantitative estimate of drug-likeness (QED) is 0.825. The van der Waals surface area contributed by atoms with Crippen LogP contribution in [0.1, 0.15) is 25.5 Å². The molecule has 0 radical (unpaired) electrons. The minimum atomic E-state index is -0.226. The van der Waals surface area contributed by atoms with Gasteiger partial charge in [0.15, 0.2) is 0 Å². The van der Waals surface area contributed by atoms with Crippen molar-refractivity contribution in [3.8, 4) is 0 Å². The fourth-order valence-electron chi connectivity index (χ4n) is 2.31. The molecule has 2 heterocycles. The molecule has 0 bridgehead atoms. The van der Waals surface area contributed by atoms with Crippen molar-refractivity contribution < 1.29 is 9.53 Å². The molecule has 0 saturated carbocycles. The lowest BCUT2D eigenvalue weighted by Gasteiger charge is -2.32. The Morgan fingerprint density at radius 1 is 1.57 bits per heavy atom. The van der Waals surface area contributed by atoms with E-state index in [9.17, 15) is 4.79 Å². The van der Waals surface area contributed by atoms with Gasteiger partial charge in [0.25, 0.3) is 0 Å². The van der Waals surface area contributed by atoms with Crippen LogP contribution < -0.4 is 11.1 Å². The molecule has 1 aliphatic rings. The number of piperidine rings is 1. The second-order valence-electron chi connectivity index (χ2n) is 4.90. The number of anilines is 1. The Balaban J connectivity index is 1.87. The van der Waals surface area contributed by atoms with Gasteiger partial charge in [-0.25, -0.2) is 4.79 Å². The van der Waals surface area contributed by atoms with Gasteiger partial charge in [-0.2, -0.15) is 0 Å². The van der Waals surface area contributed by atoms with Gasteiger partial charge in [0.1, 0.15) is 4.99 Å². The molecule has 0 unspecified atom stereocenters. The fraction of sp³-hybridized carbons (Fsp3) is 0.500. The average molecular weight is 308 g/mol. The van der Waals surface area contributed by atoms with E-state index in [-0.39, 0.29) is 11.1 Å². The topological polar surface area (TPSA) is 80.5 Å². The maximum atomic E-state index is 11.6. The summed E-state index contributed by atoms with van der Waals surface area (Å²) in [6.07, 6.45) is 3.22. The second kappa shape index (κ2) is 7.21. The van der Waals surface area contributed by atoms with Crippen LogP contribution in [0.2, 0.25) is 0 Å². The summed E-state index contributed by atoms with van der Waals surface area (Å²) in [5.74, 6) is 0. The predicted octanol–water partition coefficient (Wildman–Crippen LogP) is 1.75. The average Bonchev–Trinajstić information content (AvgIpc) is 2.48. The summed E-state index contributed by atoms with van der Waals surface area (Å²) in [5, 5.41) is 3.43. The molecule has 7 heteroatoms. The Labute approximate surface area is 129 Å². The number of nitrogens with zero attached hydrogens (tertiary/aromatic N) is 2. The maximum Gasteiger partial charge on any atom is 0.409 e. The molecule has 1 aromatic rings. The summed E-state index contributed by atoms with van der Waals surface area (Å²) in [7, 11) is 0. The first-order valence-electron chi connectivity index (χ1n) is 7.04. The molecule has 114 valence electrons. The van der Waals surface area contributed by atoms with Gasteiger partial charge in [0.2, 0.25) is 0 Å². The summed E-state index contributed by atoms with van der Waals surface area (Å²) in [4.78, 5) is 17.8. The van der Waals surface area contributed by atoms with E-state index < -0.39 is 0 Å². The maximum absolute atomic E-state index is 11.6. The molecule has 21 heavy (non-hydrogen) atoms. The van der Waals surface area contributed by atoms with Crippen LogP contribution in [-0.4, -0.2) is 46.7 Å². The number of nitrogens with one attached hydrogen (secondary N) is 1. The van der Waals surface area contributed by atoms with Gasteiger partial charge < -0.3 is 20.7 Å². The molecule has 1 aliphatic heterocycles. The van der Waals surface area contributed by atoms with Gasteiger partial charge >= 0.3 is 6.09 Å². The first kappa shape index (κ1) is 15.5. The Kier molecular flexibility index (Phi) is 5.32. The second-order valence-corrected chi connectivity index (χ2v) is 5.34. The number of amides is 1. The van der Waals surface area contributed by atoms with Crippen molar-refractivity contribution in [1.29, 1.82) is 0 Å². The number of likely N-dealkylation sites (tertiary alicyclic amines) is 1. The zero-order valence-electron chi connectivity index (χ0n) is 12.0. The van der Waals surface area contributed by atoms with Gasteiger partial charge in [-0.15, -0.1) is 0 Å². The van der Waals surface area contributed by atoms with Crippen LogP contribution in [-0.2, 0) is 4.74 Å². The van der Waals surface area contributed by atoms with Crippen LogP contribution in [0.25, 0.3) is 0 Å². The first-order chi connectivity index (χ1) is 10.1. The van der Waals surface area contributed by atoms with E-state index in [1.807, 2.05) is 19.1 Å². The minimum absolute atomic E-state index is 0.226. The number of carbonyl (C=O) groups excluding carboxylic acids is 1. The Hall–Kier alpha value is -1.89. The van der Waals surface area contributed by atoms with E-state index in [1.54, 1.807) is 11.1 Å². The lowest BCUT2D eigenvalue weighted by Crippen LogP contribution is -2.42. The molecular weight excluding hydrogens is 288 g/mol. The molecule has 2 rings (SSSR count). The molecule has 3 N–H and O–H groups in total. The zero-order chi connectivity index (χ0) is 15.2. The van der Waals surface area contributed by atoms with Crippen molar-refractivity contribution in [1.82, 2.24) is 9.88 Å². The molecule has 0 atom stereocenters. The Morgan fingerprint density at radius 2 is 2.29 bits per heavy atom. The summed E-state index contributed by atoms with van der Waals surface area (Å²) in [6, 6.07) is 4.05. The zero-order valence-corrected chi connectivity index (χ0v) is 12.9. The summed E-state index contributed by atoms with van der Waals surface area (Å²) >= 11 is 4.92. The molecule has 1 amide bonds. The van der Waals surface area contributed by atoms with Crippen LogP contribution in [0.4, 0.5) is 10.5 Å². The normalized spacial score (nSPS) is 15.6. The molecular formula is C14H20N4O2S. The number of pyridine rings is 1. The first-order valence-corrected chi connectivity index (χ1v) is 7.45. The van der Waals surface area contributed by atoms with Crippen molar-refractivity contribution >= 4 is 29.0 Å². The number of rotatable bonds is 4. The van der Waals surface area contributed by atoms with E-state index in [4.69, 9.17) is 22.7 Å². The summed E-state index contributed by atoms with van der Waals surface area (Å²) < 4.78 is 5.01. The number of hydrogen-bond acceptors (Lipinski definition) is 5. The van der Waals surface area contributed by atoms with Gasteiger partial charge in [-0.05, 0) is 31.9 Å². The van der Waals surface area contributed by atoms with Gasteiger partial charge in [-0.1, -0.05) is 12.2 Å². The largest absolute Gasteiger partial charge is 0.450 e. The number of ether oxygens (including phenoxy) is 1. The monoisotopic (exact) mass is 308 g/mol. The summed E-state index contributed by atoms with van der Waals surface area (Å²) in [6.45, 7) is 3.62. The SMILES string of the molecule is CCOC(=O)N1CCC(Nc2ccnc(C(N)=S)c2)CC1. The lowest BCUT2D eigenvalue weighted by molar-refractivity contribution is 0.0983. The molecule has 0 aliphatic carbocycles. The van der Waals surface area contributed by atoms with E-state index in [1.165, 1.54) is 0 Å². The highest BCUT2D eigenvalue weighted by Gasteiger charge is 2.23. The van der Waals surface area contributed by atoms with Crippen LogP contribution >= 0.6 is 12.2 Å². The standard InChI is InChI=1S/C14H20N4O2S/c1-2-20-14(19)18-7-4-10(5-8-18)17-11-3-6-16-12(9-11)13(15)21/h3,6,9-10H,2,4-5,7-8H2,1H3,(H2,15,21)(H,16,17). The van der Waals surface area contributed by atoms with E-state index in [0.29, 0.717) is 31.4 Å². The minimum Gasteiger partial charge on any atom is -0.450 e. The van der Waals surface area contributed by atoms with Crippen molar-refractivity contribution in [3.05, 3.63) is 24.0 Å². The highest BCUT2D eigenvalue weighted by Crippen LogP contribution is 2.17. The Bertz CT molecular complexity index is 515. The van der Waals surface area contributed by atoms with E-state index in [0.717, 1.165) is 18.5 Å². The van der Waals surface area contributed by atoms with Gasteiger partial charge in [-0.3, -0.25) is 4.98 Å². The van der Waals surface area contributed by atoms with Crippen molar-refractivity contribution in [2.75, 3.05) is 25.0 Å². The third-order valence-corrected chi connectivity index (χ3v) is 3.61. The third kappa shape index (κ3) is 4.29. The molecule has 1 saturated heterocycles. The van der Waals surface area contributed by atoms with Crippen molar-refractivity contribution in [2.24, 2.45) is 5.73 Å². The van der Waals surface area contributed by atoms with Crippen LogP contribution in [0.3, 0.4) is 0 Å². The Morgan fingerprint density at radius 3 is 2.90 bits per heavy atom. The lowest BCUT2D eigenvalue weighted by atomic mass is 10.1. The van der Waals surface area contributed by atoms with Crippen molar-refractivity contribution in [2.45, 2.75) is 25.8 Å². The predicted molar refractivity (Wildman–Crippen MR) is 85.4 cm³/mol. The molecule has 1 aromatic heterocycles. The highest BCUT2D eigenvalue weighted by atomic mass is 32.1. The van der Waals surface area contributed by atoms with E-state index in [2.05, 4.69) is 10.3 Å².